The van der Waals surface area contributed by atoms with E-state index in [2.05, 4.69) is 5.10 Å². The first-order valence-electron chi connectivity index (χ1n) is 5.81. The molecule has 0 aliphatic carbocycles. The summed E-state index contributed by atoms with van der Waals surface area (Å²) >= 11 is 0. The number of carboxylic acids is 1. The number of carboxylic acid groups (broad SMARTS) is 1. The summed E-state index contributed by atoms with van der Waals surface area (Å²) in [6.07, 6.45) is 1.45. The Hall–Kier alpha value is -2.21. The van der Waals surface area contributed by atoms with E-state index < -0.39 is 5.97 Å². The molecule has 2 aromatic rings. The summed E-state index contributed by atoms with van der Waals surface area (Å²) in [6.45, 7) is 0.974. The van der Waals surface area contributed by atoms with Crippen molar-refractivity contribution in [2.45, 2.75) is 5.92 Å². The molecule has 0 saturated carbocycles. The van der Waals surface area contributed by atoms with Gasteiger partial charge in [0.2, 0.25) is 0 Å². The van der Waals surface area contributed by atoms with Gasteiger partial charge >= 0.3 is 5.97 Å². The third-order valence-electron chi connectivity index (χ3n) is 3.09. The summed E-state index contributed by atoms with van der Waals surface area (Å²) in [5.41, 5.74) is 1.30. The van der Waals surface area contributed by atoms with Gasteiger partial charge in [-0.05, 0) is 24.3 Å². The predicted octanol–water partition coefficient (Wildman–Crippen LogP) is 1.82. The molecular formula is C13H11FN2O3. The summed E-state index contributed by atoms with van der Waals surface area (Å²) in [5, 5.41) is 13.5. The highest BCUT2D eigenvalue weighted by Crippen LogP contribution is 2.26. The van der Waals surface area contributed by atoms with Gasteiger partial charge in [0.15, 0.2) is 0 Å². The van der Waals surface area contributed by atoms with Crippen LogP contribution in [-0.4, -0.2) is 34.1 Å². The van der Waals surface area contributed by atoms with Crippen molar-refractivity contribution in [1.82, 2.24) is 9.78 Å². The molecule has 0 unspecified atom stereocenters. The van der Waals surface area contributed by atoms with Crippen molar-refractivity contribution in [2.75, 3.05) is 13.2 Å². The van der Waals surface area contributed by atoms with Gasteiger partial charge in [-0.3, -0.25) is 0 Å². The molecule has 6 heteroatoms. The average molecular weight is 262 g/mol. The number of aromatic nitrogens is 2. The van der Waals surface area contributed by atoms with Crippen molar-refractivity contribution in [3.63, 3.8) is 0 Å². The summed E-state index contributed by atoms with van der Waals surface area (Å²) in [6, 6.07) is 5.72. The third kappa shape index (κ3) is 2.10. The molecule has 1 aromatic heterocycles. The lowest BCUT2D eigenvalue weighted by atomic mass is 10.0. The standard InChI is InChI=1S/C13H11FN2O3/c14-9-1-3-10(4-2-9)16-5-11(13(17)18)12(15-16)8-6-19-7-8/h1-5,8H,6-7H2,(H,17,18). The second kappa shape index (κ2) is 4.47. The number of ether oxygens (including phenoxy) is 1. The first-order valence-corrected chi connectivity index (χ1v) is 5.81. The molecule has 5 nitrogen and oxygen atoms in total. The molecule has 1 N–H and O–H groups in total. The summed E-state index contributed by atoms with van der Waals surface area (Å²) < 4.78 is 19.4. The van der Waals surface area contributed by atoms with Crippen LogP contribution in [0.5, 0.6) is 0 Å². The zero-order valence-electron chi connectivity index (χ0n) is 9.91. The topological polar surface area (TPSA) is 64.3 Å². The lowest BCUT2D eigenvalue weighted by Gasteiger charge is -2.24. The van der Waals surface area contributed by atoms with Crippen molar-refractivity contribution in [2.24, 2.45) is 0 Å². The minimum atomic E-state index is -1.02. The van der Waals surface area contributed by atoms with E-state index in [-0.39, 0.29) is 17.3 Å². The van der Waals surface area contributed by atoms with Crippen molar-refractivity contribution in [1.29, 1.82) is 0 Å². The van der Waals surface area contributed by atoms with Gasteiger partial charge in [-0.2, -0.15) is 5.10 Å². The highest BCUT2D eigenvalue weighted by atomic mass is 19.1. The van der Waals surface area contributed by atoms with Crippen molar-refractivity contribution in [3.8, 4) is 5.69 Å². The number of nitrogens with zero attached hydrogens (tertiary/aromatic N) is 2. The molecule has 0 atom stereocenters. The van der Waals surface area contributed by atoms with E-state index in [0.29, 0.717) is 24.6 Å². The Balaban J connectivity index is 2.02. The monoisotopic (exact) mass is 262 g/mol. The van der Waals surface area contributed by atoms with Crippen LogP contribution in [0.25, 0.3) is 5.69 Å². The van der Waals surface area contributed by atoms with Gasteiger partial charge in [-0.1, -0.05) is 0 Å². The van der Waals surface area contributed by atoms with Crippen LogP contribution >= 0.6 is 0 Å². The Morgan fingerprint density at radius 3 is 2.58 bits per heavy atom. The Labute approximate surface area is 108 Å². The first-order chi connectivity index (χ1) is 9.15. The van der Waals surface area contributed by atoms with E-state index in [1.165, 1.54) is 23.0 Å². The lowest BCUT2D eigenvalue weighted by molar-refractivity contribution is 0.00606. The van der Waals surface area contributed by atoms with Crippen LogP contribution in [0.4, 0.5) is 4.39 Å². The van der Waals surface area contributed by atoms with E-state index in [1.807, 2.05) is 0 Å². The van der Waals surface area contributed by atoms with Gasteiger partial charge in [0.05, 0.1) is 30.5 Å². The van der Waals surface area contributed by atoms with E-state index in [4.69, 9.17) is 4.74 Å². The Morgan fingerprint density at radius 2 is 2.05 bits per heavy atom. The number of carbonyl (C=O) groups is 1. The molecule has 1 saturated heterocycles. The van der Waals surface area contributed by atoms with Crippen LogP contribution in [0.3, 0.4) is 0 Å². The van der Waals surface area contributed by atoms with E-state index >= 15 is 0 Å². The number of benzene rings is 1. The Morgan fingerprint density at radius 1 is 1.37 bits per heavy atom. The van der Waals surface area contributed by atoms with Gasteiger partial charge in [0, 0.05) is 6.20 Å². The summed E-state index contributed by atoms with van der Waals surface area (Å²) in [5.74, 6) is -1.34. The minimum absolute atomic E-state index is 0.0211. The predicted molar refractivity (Wildman–Crippen MR) is 64.0 cm³/mol. The highest BCUT2D eigenvalue weighted by Gasteiger charge is 2.29. The van der Waals surface area contributed by atoms with Crippen LogP contribution in [0.2, 0.25) is 0 Å². The maximum Gasteiger partial charge on any atom is 0.339 e. The van der Waals surface area contributed by atoms with E-state index in [1.54, 1.807) is 12.1 Å². The van der Waals surface area contributed by atoms with Crippen molar-refractivity contribution in [3.05, 3.63) is 47.5 Å². The molecule has 98 valence electrons. The number of halogens is 1. The maximum absolute atomic E-state index is 12.9. The molecule has 1 aliphatic heterocycles. The van der Waals surface area contributed by atoms with Gasteiger partial charge < -0.3 is 9.84 Å². The fraction of sp³-hybridized carbons (Fsp3) is 0.231. The molecule has 0 bridgehead atoms. The lowest BCUT2D eigenvalue weighted by Crippen LogP contribution is -2.27. The molecule has 3 rings (SSSR count). The van der Waals surface area contributed by atoms with Gasteiger partial charge in [0.1, 0.15) is 11.4 Å². The fourth-order valence-electron chi connectivity index (χ4n) is 1.97. The maximum atomic E-state index is 12.9. The average Bonchev–Trinajstić information content (AvgIpc) is 2.72. The quantitative estimate of drug-likeness (QED) is 0.916. The van der Waals surface area contributed by atoms with Gasteiger partial charge in [0.25, 0.3) is 0 Å². The molecule has 0 spiro atoms. The number of aromatic carboxylic acids is 1. The van der Waals surface area contributed by atoms with Crippen LogP contribution in [-0.2, 0) is 4.74 Å². The molecular weight excluding hydrogens is 251 g/mol. The summed E-state index contributed by atoms with van der Waals surface area (Å²) in [7, 11) is 0. The van der Waals surface area contributed by atoms with E-state index in [9.17, 15) is 14.3 Å². The highest BCUT2D eigenvalue weighted by molar-refractivity contribution is 5.89. The van der Waals surface area contributed by atoms with Crippen LogP contribution < -0.4 is 0 Å². The zero-order valence-corrected chi connectivity index (χ0v) is 9.91. The minimum Gasteiger partial charge on any atom is -0.478 e. The molecule has 1 aromatic carbocycles. The van der Waals surface area contributed by atoms with E-state index in [0.717, 1.165) is 0 Å². The first kappa shape index (κ1) is 11.9. The molecule has 1 fully saturated rings. The molecule has 1 aliphatic rings. The molecule has 0 radical (unpaired) electrons. The Kier molecular flexibility index (Phi) is 2.79. The number of rotatable bonds is 3. The normalized spacial score (nSPS) is 15.2. The molecule has 19 heavy (non-hydrogen) atoms. The van der Waals surface area contributed by atoms with Gasteiger partial charge in [-0.25, -0.2) is 13.9 Å². The number of hydrogen-bond donors (Lipinski definition) is 1. The SMILES string of the molecule is O=C(O)c1cn(-c2ccc(F)cc2)nc1C1COC1. The zero-order chi connectivity index (χ0) is 13.4. The van der Waals surface area contributed by atoms with Crippen molar-refractivity contribution >= 4 is 5.97 Å². The largest absolute Gasteiger partial charge is 0.478 e. The van der Waals surface area contributed by atoms with Crippen LogP contribution in [0.1, 0.15) is 22.0 Å². The van der Waals surface area contributed by atoms with Crippen LogP contribution in [0, 0.1) is 5.82 Å². The van der Waals surface area contributed by atoms with Crippen LogP contribution in [0.15, 0.2) is 30.5 Å². The van der Waals surface area contributed by atoms with Crippen molar-refractivity contribution < 1.29 is 19.0 Å². The molecule has 2 heterocycles. The molecule has 0 amide bonds. The Bertz CT molecular complexity index is 617. The second-order valence-corrected chi connectivity index (χ2v) is 4.39. The van der Waals surface area contributed by atoms with Gasteiger partial charge in [-0.15, -0.1) is 0 Å². The third-order valence-corrected chi connectivity index (χ3v) is 3.09. The number of hydrogen-bond acceptors (Lipinski definition) is 3. The second-order valence-electron chi connectivity index (χ2n) is 4.39. The summed E-state index contributed by atoms with van der Waals surface area (Å²) in [4.78, 5) is 11.2. The smallest absolute Gasteiger partial charge is 0.339 e. The fourth-order valence-corrected chi connectivity index (χ4v) is 1.97.